The molecule has 1 amide bonds. The van der Waals surface area contributed by atoms with E-state index in [1.807, 2.05) is 24.3 Å². The Bertz CT molecular complexity index is 938. The summed E-state index contributed by atoms with van der Waals surface area (Å²) in [4.78, 5) is 13.0. The van der Waals surface area contributed by atoms with Gasteiger partial charge in [-0.05, 0) is 87.0 Å². The number of rotatable bonds is 10. The van der Waals surface area contributed by atoms with Crippen molar-refractivity contribution in [3.05, 3.63) is 29.3 Å². The van der Waals surface area contributed by atoms with Crippen LogP contribution in [-0.2, 0) is 11.3 Å². The molecule has 0 spiro atoms. The Morgan fingerprint density at radius 2 is 1.73 bits per heavy atom. The van der Waals surface area contributed by atoms with Crippen LogP contribution in [0, 0.1) is 17.8 Å². The molecule has 2 aromatic rings. The van der Waals surface area contributed by atoms with Crippen LogP contribution in [0.2, 0.25) is 5.02 Å². The molecular weight excluding hydrogens is 452 g/mol. The molecule has 4 fully saturated rings. The fourth-order valence-electron chi connectivity index (χ4n) is 6.83. The van der Waals surface area contributed by atoms with Crippen molar-refractivity contribution in [1.82, 2.24) is 20.1 Å². The average molecular weight is 487 g/mol. The van der Waals surface area contributed by atoms with Gasteiger partial charge in [-0.25, -0.2) is 0 Å². The molecule has 4 bridgehead atoms. The van der Waals surface area contributed by atoms with Gasteiger partial charge in [-0.1, -0.05) is 49.5 Å². The van der Waals surface area contributed by atoms with E-state index in [0.29, 0.717) is 10.8 Å². The molecule has 5 nitrogen and oxygen atoms in total. The standard InChI is InChI=1S/C26H35ClN4OS/c1-2-3-4-5-10-31-24(21-6-8-22(27)9-7-21)29-30-25(31)33-17-23(32)28-26-14-18-11-19(15-26)13-20(12-18)16-26/h6-9,18-20H,2-5,10-17H2,1H3,(H,28,32). The van der Waals surface area contributed by atoms with Gasteiger partial charge in [0.15, 0.2) is 11.0 Å². The molecule has 6 rings (SSSR count). The molecule has 4 aliphatic carbocycles. The van der Waals surface area contributed by atoms with Gasteiger partial charge in [-0.15, -0.1) is 10.2 Å². The van der Waals surface area contributed by atoms with Crippen LogP contribution in [0.3, 0.4) is 0 Å². The SMILES string of the molecule is CCCCCCn1c(SCC(=O)NC23CC4CC(CC(C4)C2)C3)nnc1-c1ccc(Cl)cc1. The molecule has 1 aromatic heterocycles. The molecule has 4 saturated carbocycles. The Balaban J connectivity index is 1.25. The zero-order chi connectivity index (χ0) is 22.8. The maximum absolute atomic E-state index is 13.0. The third kappa shape index (κ3) is 5.27. The maximum Gasteiger partial charge on any atom is 0.230 e. The molecule has 1 N–H and O–H groups in total. The van der Waals surface area contributed by atoms with E-state index in [1.54, 1.807) is 0 Å². The van der Waals surface area contributed by atoms with Crippen LogP contribution in [0.15, 0.2) is 29.4 Å². The zero-order valence-electron chi connectivity index (χ0n) is 19.6. The lowest BCUT2D eigenvalue weighted by molar-refractivity contribution is -0.124. The number of benzene rings is 1. The molecule has 0 radical (unpaired) electrons. The summed E-state index contributed by atoms with van der Waals surface area (Å²) in [6, 6.07) is 7.75. The Kier molecular flexibility index (Phi) is 7.03. The van der Waals surface area contributed by atoms with E-state index < -0.39 is 0 Å². The number of aromatic nitrogens is 3. The second-order valence-electron chi connectivity index (χ2n) is 10.6. The van der Waals surface area contributed by atoms with Crippen molar-refractivity contribution >= 4 is 29.3 Å². The zero-order valence-corrected chi connectivity index (χ0v) is 21.1. The van der Waals surface area contributed by atoms with E-state index in [9.17, 15) is 4.79 Å². The molecule has 1 heterocycles. The van der Waals surface area contributed by atoms with E-state index in [-0.39, 0.29) is 11.4 Å². The lowest BCUT2D eigenvalue weighted by Crippen LogP contribution is -2.60. The quantitative estimate of drug-likeness (QED) is 0.313. The Morgan fingerprint density at radius 3 is 2.36 bits per heavy atom. The molecule has 178 valence electrons. The Hall–Kier alpha value is -1.53. The summed E-state index contributed by atoms with van der Waals surface area (Å²) >= 11 is 7.60. The summed E-state index contributed by atoms with van der Waals surface area (Å²) in [5, 5.41) is 14.0. The third-order valence-corrected chi connectivity index (χ3v) is 9.05. The van der Waals surface area contributed by atoms with Crippen molar-refractivity contribution < 1.29 is 4.79 Å². The van der Waals surface area contributed by atoms with Crippen molar-refractivity contribution in [3.8, 4) is 11.4 Å². The van der Waals surface area contributed by atoms with Crippen LogP contribution in [0.25, 0.3) is 11.4 Å². The smallest absolute Gasteiger partial charge is 0.230 e. The molecule has 0 atom stereocenters. The van der Waals surface area contributed by atoms with Gasteiger partial charge in [0.05, 0.1) is 5.75 Å². The third-order valence-electron chi connectivity index (χ3n) is 7.83. The number of carbonyl (C=O) groups is 1. The van der Waals surface area contributed by atoms with E-state index in [0.717, 1.165) is 47.3 Å². The van der Waals surface area contributed by atoms with Gasteiger partial charge in [0.25, 0.3) is 0 Å². The normalized spacial score (nSPS) is 27.8. The molecular formula is C26H35ClN4OS. The van der Waals surface area contributed by atoms with Gasteiger partial charge in [0, 0.05) is 22.7 Å². The number of hydrogen-bond acceptors (Lipinski definition) is 4. The lowest BCUT2D eigenvalue weighted by atomic mass is 9.53. The van der Waals surface area contributed by atoms with Crippen molar-refractivity contribution in [2.45, 2.75) is 88.4 Å². The second-order valence-corrected chi connectivity index (χ2v) is 11.9. The van der Waals surface area contributed by atoms with E-state index in [1.165, 1.54) is 69.5 Å². The van der Waals surface area contributed by atoms with Crippen molar-refractivity contribution in [3.63, 3.8) is 0 Å². The first-order chi connectivity index (χ1) is 16.0. The average Bonchev–Trinajstić information content (AvgIpc) is 3.17. The number of amides is 1. The summed E-state index contributed by atoms with van der Waals surface area (Å²) in [6.07, 6.45) is 12.4. The molecule has 1 aromatic carbocycles. The fraction of sp³-hybridized carbons (Fsp3) is 0.654. The highest BCUT2D eigenvalue weighted by molar-refractivity contribution is 7.99. The van der Waals surface area contributed by atoms with Crippen molar-refractivity contribution in [2.24, 2.45) is 17.8 Å². The number of nitrogens with zero attached hydrogens (tertiary/aromatic N) is 3. The van der Waals surface area contributed by atoms with E-state index in [2.05, 4.69) is 27.0 Å². The molecule has 33 heavy (non-hydrogen) atoms. The first kappa shape index (κ1) is 23.2. The van der Waals surface area contributed by atoms with E-state index in [4.69, 9.17) is 11.6 Å². The lowest BCUT2D eigenvalue weighted by Gasteiger charge is -2.56. The summed E-state index contributed by atoms with van der Waals surface area (Å²) in [5.41, 5.74) is 1.07. The number of halogens is 1. The van der Waals surface area contributed by atoms with Crippen LogP contribution < -0.4 is 5.32 Å². The Morgan fingerprint density at radius 1 is 1.06 bits per heavy atom. The first-order valence-corrected chi connectivity index (χ1v) is 14.0. The topological polar surface area (TPSA) is 59.8 Å². The predicted octanol–water partition coefficient (Wildman–Crippen LogP) is 6.36. The van der Waals surface area contributed by atoms with Crippen LogP contribution in [0.5, 0.6) is 0 Å². The first-order valence-electron chi connectivity index (χ1n) is 12.7. The maximum atomic E-state index is 13.0. The Labute approximate surface area is 206 Å². The number of thioether (sulfide) groups is 1. The summed E-state index contributed by atoms with van der Waals surface area (Å²) in [6.45, 7) is 3.09. The number of hydrogen-bond donors (Lipinski definition) is 1. The largest absolute Gasteiger partial charge is 0.350 e. The summed E-state index contributed by atoms with van der Waals surface area (Å²) in [5.74, 6) is 3.89. The highest BCUT2D eigenvalue weighted by atomic mass is 35.5. The summed E-state index contributed by atoms with van der Waals surface area (Å²) in [7, 11) is 0. The van der Waals surface area contributed by atoms with Gasteiger partial charge < -0.3 is 9.88 Å². The number of nitrogens with one attached hydrogen (secondary N) is 1. The van der Waals surface area contributed by atoms with Gasteiger partial charge >= 0.3 is 0 Å². The van der Waals surface area contributed by atoms with Gasteiger partial charge in [0.2, 0.25) is 5.91 Å². The van der Waals surface area contributed by atoms with E-state index >= 15 is 0 Å². The molecule has 0 unspecified atom stereocenters. The van der Waals surface area contributed by atoms with Crippen molar-refractivity contribution in [1.29, 1.82) is 0 Å². The highest BCUT2D eigenvalue weighted by Gasteiger charge is 2.51. The van der Waals surface area contributed by atoms with Crippen LogP contribution in [0.4, 0.5) is 0 Å². The molecule has 7 heteroatoms. The minimum absolute atomic E-state index is 0.0642. The number of unbranched alkanes of at least 4 members (excludes halogenated alkanes) is 3. The number of carbonyl (C=O) groups excluding carboxylic acids is 1. The van der Waals surface area contributed by atoms with Crippen LogP contribution >= 0.6 is 23.4 Å². The minimum Gasteiger partial charge on any atom is -0.350 e. The summed E-state index contributed by atoms with van der Waals surface area (Å²) < 4.78 is 2.18. The predicted molar refractivity (Wildman–Crippen MR) is 134 cm³/mol. The molecule has 0 aliphatic heterocycles. The van der Waals surface area contributed by atoms with Crippen LogP contribution in [0.1, 0.15) is 71.1 Å². The second kappa shape index (κ2) is 9.99. The van der Waals surface area contributed by atoms with Gasteiger partial charge in [-0.2, -0.15) is 0 Å². The monoisotopic (exact) mass is 486 g/mol. The van der Waals surface area contributed by atoms with Gasteiger partial charge in [0.1, 0.15) is 0 Å². The van der Waals surface area contributed by atoms with Crippen LogP contribution in [-0.4, -0.2) is 32.0 Å². The fourth-order valence-corrected chi connectivity index (χ4v) is 7.72. The van der Waals surface area contributed by atoms with Gasteiger partial charge in [-0.3, -0.25) is 4.79 Å². The molecule has 0 saturated heterocycles. The minimum atomic E-state index is 0.0642. The molecule has 4 aliphatic rings. The highest BCUT2D eigenvalue weighted by Crippen LogP contribution is 2.55. The van der Waals surface area contributed by atoms with Crippen molar-refractivity contribution in [2.75, 3.05) is 5.75 Å².